The van der Waals surface area contributed by atoms with E-state index in [9.17, 15) is 8.42 Å². The summed E-state index contributed by atoms with van der Waals surface area (Å²) in [6, 6.07) is 1.52. The predicted octanol–water partition coefficient (Wildman–Crippen LogP) is 1.83. The molecule has 0 amide bonds. The van der Waals surface area contributed by atoms with Crippen molar-refractivity contribution in [2.24, 2.45) is 7.05 Å². The number of rotatable bonds is 3. The lowest BCUT2D eigenvalue weighted by Crippen LogP contribution is -2.15. The van der Waals surface area contributed by atoms with E-state index in [1.165, 1.54) is 16.9 Å². The molecule has 0 aliphatic rings. The number of nitrogens with two attached hydrogens (primary N) is 1. The van der Waals surface area contributed by atoms with E-state index in [-0.39, 0.29) is 15.7 Å². The number of halogens is 1. The summed E-state index contributed by atoms with van der Waals surface area (Å²) >= 11 is 6.86. The number of aryl methyl sites for hydroxylation is 2. The Hall–Kier alpha value is -1.25. The number of nitrogens with zero attached hydrogens (tertiary/aromatic N) is 2. The molecular weight excluding hydrogens is 296 g/mol. The lowest BCUT2D eigenvalue weighted by molar-refractivity contribution is 0.602. The van der Waals surface area contributed by atoms with Gasteiger partial charge in [-0.1, -0.05) is 11.6 Å². The molecule has 0 fully saturated rings. The van der Waals surface area contributed by atoms with Crippen LogP contribution in [0.5, 0.6) is 0 Å². The van der Waals surface area contributed by atoms with Crippen molar-refractivity contribution in [2.75, 3.05) is 10.5 Å². The van der Waals surface area contributed by atoms with E-state index in [0.717, 1.165) is 16.9 Å². The number of nitrogen functional groups attached to an aromatic ring is 1. The zero-order chi connectivity index (χ0) is 13.5. The van der Waals surface area contributed by atoms with Crippen LogP contribution in [0, 0.1) is 6.92 Å². The van der Waals surface area contributed by atoms with Crippen LogP contribution in [-0.2, 0) is 17.1 Å². The van der Waals surface area contributed by atoms with Crippen molar-refractivity contribution in [1.29, 1.82) is 0 Å². The van der Waals surface area contributed by atoms with E-state index < -0.39 is 10.0 Å². The molecule has 0 atom stereocenters. The number of sulfonamides is 1. The molecule has 0 saturated carbocycles. The van der Waals surface area contributed by atoms with Gasteiger partial charge in [0.2, 0.25) is 0 Å². The third kappa shape index (κ3) is 2.31. The van der Waals surface area contributed by atoms with Gasteiger partial charge in [0.25, 0.3) is 10.0 Å². The fourth-order valence-corrected chi connectivity index (χ4v) is 4.15. The SMILES string of the molecule is Cc1cc(S(=O)(=O)Nc2c(N)cnn2C)sc1Cl. The molecule has 0 spiro atoms. The Morgan fingerprint density at radius 2 is 2.22 bits per heavy atom. The van der Waals surface area contributed by atoms with Gasteiger partial charge in [0.05, 0.1) is 16.2 Å². The Kier molecular flexibility index (Phi) is 3.26. The summed E-state index contributed by atoms with van der Waals surface area (Å²) in [7, 11) is -2.09. The molecule has 2 aromatic rings. The fraction of sp³-hybridized carbons (Fsp3) is 0.222. The van der Waals surface area contributed by atoms with Gasteiger partial charge >= 0.3 is 0 Å². The highest BCUT2D eigenvalue weighted by molar-refractivity contribution is 7.94. The fourth-order valence-electron chi connectivity index (χ4n) is 1.32. The molecule has 0 unspecified atom stereocenters. The van der Waals surface area contributed by atoms with E-state index in [2.05, 4.69) is 9.82 Å². The van der Waals surface area contributed by atoms with Crippen LogP contribution >= 0.6 is 22.9 Å². The van der Waals surface area contributed by atoms with Gasteiger partial charge in [-0.15, -0.1) is 11.3 Å². The van der Waals surface area contributed by atoms with Gasteiger partial charge in [0.15, 0.2) is 5.82 Å². The standard InChI is InChI=1S/C9H11ClN4O2S2/c1-5-3-7(17-8(5)10)18(15,16)13-9-6(11)4-12-14(9)2/h3-4,13H,11H2,1-2H3. The molecule has 0 saturated heterocycles. The van der Waals surface area contributed by atoms with Gasteiger partial charge < -0.3 is 5.73 Å². The maximum Gasteiger partial charge on any atom is 0.272 e. The third-order valence-corrected chi connectivity index (χ3v) is 5.67. The van der Waals surface area contributed by atoms with Crippen molar-refractivity contribution in [2.45, 2.75) is 11.1 Å². The molecule has 0 aliphatic carbocycles. The maximum atomic E-state index is 12.1. The van der Waals surface area contributed by atoms with E-state index in [1.54, 1.807) is 14.0 Å². The monoisotopic (exact) mass is 306 g/mol. The van der Waals surface area contributed by atoms with Crippen molar-refractivity contribution in [3.05, 3.63) is 22.2 Å². The van der Waals surface area contributed by atoms with Crippen LogP contribution in [0.3, 0.4) is 0 Å². The Morgan fingerprint density at radius 3 is 2.67 bits per heavy atom. The summed E-state index contributed by atoms with van der Waals surface area (Å²) in [5.74, 6) is 0.233. The molecule has 0 aliphatic heterocycles. The molecule has 2 heterocycles. The first-order chi connectivity index (χ1) is 8.31. The van der Waals surface area contributed by atoms with Crippen molar-refractivity contribution in [1.82, 2.24) is 9.78 Å². The first kappa shape index (κ1) is 13.2. The quantitative estimate of drug-likeness (QED) is 0.905. The summed E-state index contributed by atoms with van der Waals surface area (Å²) in [6.45, 7) is 1.75. The molecule has 18 heavy (non-hydrogen) atoms. The summed E-state index contributed by atoms with van der Waals surface area (Å²) in [5, 5.41) is 3.86. The lowest BCUT2D eigenvalue weighted by atomic mass is 10.4. The van der Waals surface area contributed by atoms with Crippen molar-refractivity contribution in [3.8, 4) is 0 Å². The number of thiophene rings is 1. The second kappa shape index (κ2) is 4.45. The molecule has 0 bridgehead atoms. The maximum absolute atomic E-state index is 12.1. The van der Waals surface area contributed by atoms with Crippen molar-refractivity contribution < 1.29 is 8.42 Å². The summed E-state index contributed by atoms with van der Waals surface area (Å²) in [4.78, 5) is 0. The molecular formula is C9H11ClN4O2S2. The highest BCUT2D eigenvalue weighted by Crippen LogP contribution is 2.31. The zero-order valence-electron chi connectivity index (χ0n) is 9.64. The normalized spacial score (nSPS) is 11.7. The largest absolute Gasteiger partial charge is 0.394 e. The molecule has 6 nitrogen and oxygen atoms in total. The summed E-state index contributed by atoms with van der Waals surface area (Å²) in [5.41, 5.74) is 6.62. The predicted molar refractivity (Wildman–Crippen MR) is 72.5 cm³/mol. The van der Waals surface area contributed by atoms with Gasteiger partial charge in [0.1, 0.15) is 4.21 Å². The lowest BCUT2D eigenvalue weighted by Gasteiger charge is -2.07. The van der Waals surface area contributed by atoms with Crippen molar-refractivity contribution in [3.63, 3.8) is 0 Å². The van der Waals surface area contributed by atoms with Crippen LogP contribution in [0.4, 0.5) is 11.5 Å². The number of anilines is 2. The van der Waals surface area contributed by atoms with E-state index >= 15 is 0 Å². The Bertz CT molecular complexity index is 650. The minimum absolute atomic E-state index is 0.144. The van der Waals surface area contributed by atoms with E-state index in [4.69, 9.17) is 17.3 Å². The number of hydrogen-bond acceptors (Lipinski definition) is 5. The second-order valence-electron chi connectivity index (χ2n) is 3.70. The van der Waals surface area contributed by atoms with E-state index in [1.807, 2.05) is 0 Å². The first-order valence-corrected chi connectivity index (χ1v) is 7.55. The van der Waals surface area contributed by atoms with Crippen LogP contribution in [0.1, 0.15) is 5.56 Å². The minimum atomic E-state index is -3.69. The third-order valence-electron chi connectivity index (χ3n) is 2.30. The second-order valence-corrected chi connectivity index (χ2v) is 7.26. The smallest absolute Gasteiger partial charge is 0.272 e. The van der Waals surface area contributed by atoms with Gasteiger partial charge in [-0.3, -0.25) is 9.40 Å². The summed E-state index contributed by atoms with van der Waals surface area (Å²) < 4.78 is 28.6. The van der Waals surface area contributed by atoms with E-state index in [0.29, 0.717) is 4.34 Å². The molecule has 98 valence electrons. The van der Waals surface area contributed by atoms with Crippen LogP contribution in [0.2, 0.25) is 4.34 Å². The van der Waals surface area contributed by atoms with Gasteiger partial charge in [-0.2, -0.15) is 5.10 Å². The topological polar surface area (TPSA) is 90.0 Å². The van der Waals surface area contributed by atoms with Gasteiger partial charge in [-0.25, -0.2) is 8.42 Å². The number of hydrogen-bond donors (Lipinski definition) is 2. The molecule has 0 radical (unpaired) electrons. The Balaban J connectivity index is 2.39. The highest BCUT2D eigenvalue weighted by atomic mass is 35.5. The number of aromatic nitrogens is 2. The number of nitrogens with one attached hydrogen (secondary N) is 1. The first-order valence-electron chi connectivity index (χ1n) is 4.87. The van der Waals surface area contributed by atoms with Gasteiger partial charge in [0, 0.05) is 7.05 Å². The highest BCUT2D eigenvalue weighted by Gasteiger charge is 2.21. The Labute approximate surface area is 113 Å². The average molecular weight is 307 g/mol. The van der Waals surface area contributed by atoms with Crippen molar-refractivity contribution >= 4 is 44.5 Å². The molecule has 0 aromatic carbocycles. The zero-order valence-corrected chi connectivity index (χ0v) is 12.0. The van der Waals surface area contributed by atoms with Crippen LogP contribution in [0.15, 0.2) is 16.5 Å². The minimum Gasteiger partial charge on any atom is -0.394 e. The van der Waals surface area contributed by atoms with Gasteiger partial charge in [-0.05, 0) is 18.6 Å². The van der Waals surface area contributed by atoms with Crippen LogP contribution in [0.25, 0.3) is 0 Å². The average Bonchev–Trinajstić information content (AvgIpc) is 2.77. The molecule has 2 rings (SSSR count). The molecule has 3 N–H and O–H groups in total. The van der Waals surface area contributed by atoms with Crippen LogP contribution < -0.4 is 10.5 Å². The summed E-state index contributed by atoms with van der Waals surface area (Å²) in [6.07, 6.45) is 1.38. The Morgan fingerprint density at radius 1 is 1.56 bits per heavy atom. The van der Waals surface area contributed by atoms with Crippen LogP contribution in [-0.4, -0.2) is 18.2 Å². The molecule has 2 aromatic heterocycles. The molecule has 9 heteroatoms.